The van der Waals surface area contributed by atoms with E-state index in [1.165, 1.54) is 0 Å². The van der Waals surface area contributed by atoms with Crippen molar-refractivity contribution in [3.05, 3.63) is 64.9 Å². The second kappa shape index (κ2) is 4.63. The number of rotatable bonds is 0. The summed E-state index contributed by atoms with van der Waals surface area (Å²) in [6.07, 6.45) is 3.46. The molecule has 15 heavy (non-hydrogen) atoms. The minimum Gasteiger partial charge on any atom is -0.265 e. The molecule has 0 aliphatic carbocycles. The van der Waals surface area contributed by atoms with Gasteiger partial charge >= 0.3 is 0 Å². The summed E-state index contributed by atoms with van der Waals surface area (Å²) < 4.78 is 0. The first kappa shape index (κ1) is 9.76. The Hall–Kier alpha value is -1.78. The maximum Gasteiger partial charge on any atom is 0.0406 e. The van der Waals surface area contributed by atoms with Crippen molar-refractivity contribution >= 4 is 11.6 Å². The maximum atomic E-state index is 5.77. The highest BCUT2D eigenvalue weighted by molar-refractivity contribution is 6.30. The molecule has 0 fully saturated rings. The van der Waals surface area contributed by atoms with E-state index in [1.54, 1.807) is 12.4 Å². The minimum absolute atomic E-state index is 0.726. The molecule has 0 saturated heterocycles. The van der Waals surface area contributed by atoms with Gasteiger partial charge in [0.2, 0.25) is 0 Å². The first-order chi connectivity index (χ1) is 7.34. The van der Waals surface area contributed by atoms with Crippen LogP contribution in [0.2, 0.25) is 5.02 Å². The molecule has 0 saturated carbocycles. The summed E-state index contributed by atoms with van der Waals surface area (Å²) in [7, 11) is 0. The highest BCUT2D eigenvalue weighted by Crippen LogP contribution is 2.08. The standard InChI is InChI=1S/C13H8ClN/c14-13-5-3-11(4-6-13)1-2-12-7-9-15-10-8-12/h3-10H. The van der Waals surface area contributed by atoms with Gasteiger partial charge in [-0.15, -0.1) is 0 Å². The molecule has 2 aromatic rings. The molecule has 0 bridgehead atoms. The highest BCUT2D eigenvalue weighted by atomic mass is 35.5. The molecule has 1 nitrogen and oxygen atoms in total. The molecule has 1 aromatic carbocycles. The zero-order valence-electron chi connectivity index (χ0n) is 7.94. The van der Waals surface area contributed by atoms with E-state index in [2.05, 4.69) is 16.8 Å². The first-order valence-electron chi connectivity index (χ1n) is 4.52. The third-order valence-corrected chi connectivity index (χ3v) is 2.13. The smallest absolute Gasteiger partial charge is 0.0406 e. The van der Waals surface area contributed by atoms with E-state index in [0.29, 0.717) is 0 Å². The Morgan fingerprint density at radius 2 is 1.33 bits per heavy atom. The number of nitrogens with zero attached hydrogens (tertiary/aromatic N) is 1. The van der Waals surface area contributed by atoms with Crippen LogP contribution in [0.1, 0.15) is 11.1 Å². The molecular formula is C13H8ClN. The monoisotopic (exact) mass is 213 g/mol. The van der Waals surface area contributed by atoms with Gasteiger partial charge in [-0.2, -0.15) is 0 Å². The van der Waals surface area contributed by atoms with Gasteiger partial charge in [-0.3, -0.25) is 4.98 Å². The Bertz CT molecular complexity index is 492. The Labute approximate surface area is 93.7 Å². The molecule has 72 valence electrons. The topological polar surface area (TPSA) is 12.9 Å². The van der Waals surface area contributed by atoms with Crippen LogP contribution in [0.4, 0.5) is 0 Å². The van der Waals surface area contributed by atoms with Crippen LogP contribution < -0.4 is 0 Å². The van der Waals surface area contributed by atoms with E-state index in [1.807, 2.05) is 36.4 Å². The molecule has 0 spiro atoms. The number of halogens is 1. The highest BCUT2D eigenvalue weighted by Gasteiger charge is 1.87. The summed E-state index contributed by atoms with van der Waals surface area (Å²) in [4.78, 5) is 3.93. The number of aromatic nitrogens is 1. The normalized spacial score (nSPS) is 9.13. The van der Waals surface area contributed by atoms with E-state index < -0.39 is 0 Å². The van der Waals surface area contributed by atoms with Crippen LogP contribution in [-0.2, 0) is 0 Å². The van der Waals surface area contributed by atoms with Gasteiger partial charge < -0.3 is 0 Å². The molecule has 0 atom stereocenters. The lowest BCUT2D eigenvalue weighted by Gasteiger charge is -1.90. The summed E-state index contributed by atoms with van der Waals surface area (Å²) in [5, 5.41) is 0.726. The second-order valence-electron chi connectivity index (χ2n) is 2.99. The number of benzene rings is 1. The van der Waals surface area contributed by atoms with Crippen LogP contribution in [0.5, 0.6) is 0 Å². The Kier molecular flexibility index (Phi) is 3.02. The number of hydrogen-bond donors (Lipinski definition) is 0. The lowest BCUT2D eigenvalue weighted by Crippen LogP contribution is -1.76. The average molecular weight is 214 g/mol. The predicted octanol–water partition coefficient (Wildman–Crippen LogP) is 3.13. The fourth-order valence-electron chi connectivity index (χ4n) is 1.11. The van der Waals surface area contributed by atoms with E-state index in [4.69, 9.17) is 11.6 Å². The Morgan fingerprint density at radius 3 is 1.93 bits per heavy atom. The minimum atomic E-state index is 0.726. The molecule has 1 heterocycles. The van der Waals surface area contributed by atoms with Crippen molar-refractivity contribution in [2.24, 2.45) is 0 Å². The quantitative estimate of drug-likeness (QED) is 0.613. The summed E-state index contributed by atoms with van der Waals surface area (Å²) in [6, 6.07) is 11.2. The summed E-state index contributed by atoms with van der Waals surface area (Å²) in [6.45, 7) is 0. The van der Waals surface area contributed by atoms with Crippen molar-refractivity contribution in [2.45, 2.75) is 0 Å². The molecule has 1 aromatic heterocycles. The molecule has 0 radical (unpaired) electrons. The Morgan fingerprint density at radius 1 is 0.800 bits per heavy atom. The molecular weight excluding hydrogens is 206 g/mol. The molecule has 2 heteroatoms. The maximum absolute atomic E-state index is 5.77. The van der Waals surface area contributed by atoms with Gasteiger partial charge in [0.05, 0.1) is 0 Å². The second-order valence-corrected chi connectivity index (χ2v) is 3.43. The Balaban J connectivity index is 2.22. The third kappa shape index (κ3) is 2.83. The predicted molar refractivity (Wildman–Crippen MR) is 61.7 cm³/mol. The van der Waals surface area contributed by atoms with Crippen LogP contribution in [0.15, 0.2) is 48.8 Å². The average Bonchev–Trinajstić information content (AvgIpc) is 2.30. The summed E-state index contributed by atoms with van der Waals surface area (Å²) >= 11 is 5.77. The zero-order valence-corrected chi connectivity index (χ0v) is 8.70. The van der Waals surface area contributed by atoms with Crippen molar-refractivity contribution in [3.63, 3.8) is 0 Å². The van der Waals surface area contributed by atoms with E-state index in [9.17, 15) is 0 Å². The molecule has 0 aliphatic heterocycles. The molecule has 0 unspecified atom stereocenters. The van der Waals surface area contributed by atoms with Gasteiger partial charge in [0.25, 0.3) is 0 Å². The molecule has 0 aliphatic rings. The zero-order chi connectivity index (χ0) is 10.5. The first-order valence-corrected chi connectivity index (χ1v) is 4.90. The largest absolute Gasteiger partial charge is 0.265 e. The van der Waals surface area contributed by atoms with Crippen LogP contribution in [0.25, 0.3) is 0 Å². The van der Waals surface area contributed by atoms with E-state index in [-0.39, 0.29) is 0 Å². The van der Waals surface area contributed by atoms with Crippen LogP contribution in [0.3, 0.4) is 0 Å². The van der Waals surface area contributed by atoms with Gasteiger partial charge in [-0.25, -0.2) is 0 Å². The van der Waals surface area contributed by atoms with Crippen molar-refractivity contribution in [1.29, 1.82) is 0 Å². The fraction of sp³-hybridized carbons (Fsp3) is 0. The van der Waals surface area contributed by atoms with Gasteiger partial charge in [0, 0.05) is 28.5 Å². The van der Waals surface area contributed by atoms with E-state index >= 15 is 0 Å². The van der Waals surface area contributed by atoms with Crippen LogP contribution >= 0.6 is 11.6 Å². The molecule has 0 amide bonds. The van der Waals surface area contributed by atoms with Crippen LogP contribution in [-0.4, -0.2) is 4.98 Å². The van der Waals surface area contributed by atoms with Gasteiger partial charge in [0.1, 0.15) is 0 Å². The van der Waals surface area contributed by atoms with Crippen LogP contribution in [0, 0.1) is 11.8 Å². The number of hydrogen-bond acceptors (Lipinski definition) is 1. The molecule has 0 N–H and O–H groups in total. The fourth-order valence-corrected chi connectivity index (χ4v) is 1.24. The van der Waals surface area contributed by atoms with E-state index in [0.717, 1.165) is 16.1 Å². The lowest BCUT2D eigenvalue weighted by atomic mass is 10.2. The van der Waals surface area contributed by atoms with Crippen molar-refractivity contribution < 1.29 is 0 Å². The van der Waals surface area contributed by atoms with Gasteiger partial charge in [-0.05, 0) is 36.4 Å². The third-order valence-electron chi connectivity index (χ3n) is 1.88. The van der Waals surface area contributed by atoms with Crippen molar-refractivity contribution in [1.82, 2.24) is 4.98 Å². The molecule has 2 rings (SSSR count). The van der Waals surface area contributed by atoms with Crippen molar-refractivity contribution in [2.75, 3.05) is 0 Å². The SMILES string of the molecule is Clc1ccc(C#Cc2ccncc2)cc1. The summed E-state index contributed by atoms with van der Waals surface area (Å²) in [5.74, 6) is 6.10. The lowest BCUT2D eigenvalue weighted by molar-refractivity contribution is 1.32. The van der Waals surface area contributed by atoms with Gasteiger partial charge in [0.15, 0.2) is 0 Å². The number of pyridine rings is 1. The van der Waals surface area contributed by atoms with Crippen molar-refractivity contribution in [3.8, 4) is 11.8 Å². The summed E-state index contributed by atoms with van der Waals surface area (Å²) in [5.41, 5.74) is 1.91. The van der Waals surface area contributed by atoms with Gasteiger partial charge in [-0.1, -0.05) is 23.4 Å².